The summed E-state index contributed by atoms with van der Waals surface area (Å²) in [6.45, 7) is 5.15. The maximum absolute atomic E-state index is 13.2. The van der Waals surface area contributed by atoms with Gasteiger partial charge < -0.3 is 9.88 Å². The van der Waals surface area contributed by atoms with Gasteiger partial charge in [-0.15, -0.1) is 0 Å². The molecule has 0 unspecified atom stereocenters. The topological polar surface area (TPSA) is 75.5 Å². The predicted molar refractivity (Wildman–Crippen MR) is 111 cm³/mol. The van der Waals surface area contributed by atoms with Gasteiger partial charge in [0.1, 0.15) is 5.82 Å². The number of carbonyl (C=O) groups excluding carboxylic acids is 2. The first kappa shape index (κ1) is 20.0. The Morgan fingerprint density at radius 1 is 1.03 bits per heavy atom. The molecule has 3 rings (SSSR count). The zero-order valence-electron chi connectivity index (χ0n) is 16.4. The second-order valence-corrected chi connectivity index (χ2v) is 6.60. The quantitative estimate of drug-likeness (QED) is 0.509. The van der Waals surface area contributed by atoms with E-state index in [1.807, 2.05) is 18.4 Å². The van der Waals surface area contributed by atoms with Gasteiger partial charge in [-0.1, -0.05) is 12.1 Å². The molecule has 148 valence electrons. The van der Waals surface area contributed by atoms with E-state index in [2.05, 4.69) is 15.8 Å². The SMILES string of the molecule is CC(=O)Nc1ccc(C=NNC(=O)c2cc(C)n(-c3ccc(F)cc3)c2C)cc1. The molecule has 3 aromatic rings. The van der Waals surface area contributed by atoms with Crippen LogP contribution >= 0.6 is 0 Å². The van der Waals surface area contributed by atoms with E-state index in [4.69, 9.17) is 0 Å². The summed E-state index contributed by atoms with van der Waals surface area (Å²) in [5.74, 6) is -0.789. The van der Waals surface area contributed by atoms with E-state index in [0.717, 1.165) is 22.6 Å². The molecule has 7 heteroatoms. The highest BCUT2D eigenvalue weighted by molar-refractivity contribution is 5.96. The van der Waals surface area contributed by atoms with Gasteiger partial charge in [0.05, 0.1) is 11.8 Å². The Kier molecular flexibility index (Phi) is 5.87. The lowest BCUT2D eigenvalue weighted by Gasteiger charge is -2.09. The molecule has 29 heavy (non-hydrogen) atoms. The van der Waals surface area contributed by atoms with E-state index >= 15 is 0 Å². The molecule has 0 aliphatic rings. The smallest absolute Gasteiger partial charge is 0.273 e. The zero-order valence-corrected chi connectivity index (χ0v) is 16.4. The first-order valence-corrected chi connectivity index (χ1v) is 9.01. The molecular weight excluding hydrogens is 371 g/mol. The molecule has 6 nitrogen and oxygen atoms in total. The molecule has 0 fully saturated rings. The van der Waals surface area contributed by atoms with Crippen molar-refractivity contribution in [3.63, 3.8) is 0 Å². The Balaban J connectivity index is 1.71. The normalized spacial score (nSPS) is 10.9. The third-order valence-electron chi connectivity index (χ3n) is 4.37. The average molecular weight is 392 g/mol. The fraction of sp³-hybridized carbons (Fsp3) is 0.136. The average Bonchev–Trinajstić information content (AvgIpc) is 2.98. The summed E-state index contributed by atoms with van der Waals surface area (Å²) < 4.78 is 15.1. The number of carbonyl (C=O) groups is 2. The van der Waals surface area contributed by atoms with Gasteiger partial charge in [-0.25, -0.2) is 9.82 Å². The summed E-state index contributed by atoms with van der Waals surface area (Å²) in [6, 6.07) is 14.9. The lowest BCUT2D eigenvalue weighted by molar-refractivity contribution is -0.114. The molecule has 2 N–H and O–H groups in total. The van der Waals surface area contributed by atoms with Crippen LogP contribution in [0.4, 0.5) is 10.1 Å². The third kappa shape index (κ3) is 4.76. The lowest BCUT2D eigenvalue weighted by Crippen LogP contribution is -2.18. The molecule has 0 radical (unpaired) electrons. The molecule has 2 aromatic carbocycles. The van der Waals surface area contributed by atoms with Crippen molar-refractivity contribution in [3.05, 3.63) is 82.9 Å². The van der Waals surface area contributed by atoms with Crippen molar-refractivity contribution in [1.29, 1.82) is 0 Å². The van der Waals surface area contributed by atoms with Crippen molar-refractivity contribution >= 4 is 23.7 Å². The number of aromatic nitrogens is 1. The van der Waals surface area contributed by atoms with Gasteiger partial charge in [0.15, 0.2) is 0 Å². The van der Waals surface area contributed by atoms with Gasteiger partial charge in [0, 0.05) is 29.7 Å². The molecule has 0 saturated heterocycles. The minimum atomic E-state index is -0.336. The highest BCUT2D eigenvalue weighted by atomic mass is 19.1. The monoisotopic (exact) mass is 392 g/mol. The number of aryl methyl sites for hydroxylation is 1. The van der Waals surface area contributed by atoms with Gasteiger partial charge in [-0.3, -0.25) is 9.59 Å². The van der Waals surface area contributed by atoms with Crippen LogP contribution in [0.3, 0.4) is 0 Å². The van der Waals surface area contributed by atoms with Crippen LogP contribution in [0, 0.1) is 19.7 Å². The number of hydrazone groups is 1. The number of hydrogen-bond acceptors (Lipinski definition) is 3. The molecule has 1 heterocycles. The Hall–Kier alpha value is -3.74. The number of rotatable bonds is 5. The van der Waals surface area contributed by atoms with E-state index < -0.39 is 0 Å². The minimum absolute atomic E-state index is 0.142. The van der Waals surface area contributed by atoms with Crippen LogP contribution in [-0.2, 0) is 4.79 Å². The van der Waals surface area contributed by atoms with Crippen LogP contribution in [-0.4, -0.2) is 22.6 Å². The number of hydrogen-bond donors (Lipinski definition) is 2. The summed E-state index contributed by atoms with van der Waals surface area (Å²) in [5.41, 5.74) is 6.85. The van der Waals surface area contributed by atoms with Crippen molar-refractivity contribution in [3.8, 4) is 5.69 Å². The molecule has 0 spiro atoms. The van der Waals surface area contributed by atoms with Crippen LogP contribution in [0.1, 0.15) is 34.2 Å². The lowest BCUT2D eigenvalue weighted by atomic mass is 10.2. The van der Waals surface area contributed by atoms with Crippen molar-refractivity contribution in [2.45, 2.75) is 20.8 Å². The predicted octanol–water partition coefficient (Wildman–Crippen LogP) is 3.96. The zero-order chi connectivity index (χ0) is 21.0. The second kappa shape index (κ2) is 8.52. The van der Waals surface area contributed by atoms with E-state index in [-0.39, 0.29) is 17.6 Å². The Labute approximate surface area is 168 Å². The van der Waals surface area contributed by atoms with Crippen LogP contribution in [0.5, 0.6) is 0 Å². The molecule has 0 atom stereocenters. The summed E-state index contributed by atoms with van der Waals surface area (Å²) in [6.07, 6.45) is 1.52. The van der Waals surface area contributed by atoms with Gasteiger partial charge >= 0.3 is 0 Å². The standard InChI is InChI=1S/C22H21FN4O2/c1-14-12-21(15(2)27(14)20-10-6-18(23)7-11-20)22(29)26-24-13-17-4-8-19(9-5-17)25-16(3)28/h4-13H,1-3H3,(H,25,28)(H,26,29). The second-order valence-electron chi connectivity index (χ2n) is 6.60. The Morgan fingerprint density at radius 2 is 1.69 bits per heavy atom. The Bertz CT molecular complexity index is 1070. The Morgan fingerprint density at radius 3 is 2.31 bits per heavy atom. The number of benzene rings is 2. The van der Waals surface area contributed by atoms with Crippen molar-refractivity contribution in [1.82, 2.24) is 9.99 Å². The number of nitrogens with zero attached hydrogens (tertiary/aromatic N) is 2. The molecule has 2 amide bonds. The van der Waals surface area contributed by atoms with Crippen molar-refractivity contribution < 1.29 is 14.0 Å². The van der Waals surface area contributed by atoms with E-state index in [1.54, 1.807) is 42.5 Å². The van der Waals surface area contributed by atoms with Gasteiger partial charge in [0.25, 0.3) is 5.91 Å². The van der Waals surface area contributed by atoms with Gasteiger partial charge in [-0.2, -0.15) is 5.10 Å². The van der Waals surface area contributed by atoms with Gasteiger partial charge in [0.2, 0.25) is 5.91 Å². The van der Waals surface area contributed by atoms with E-state index in [1.165, 1.54) is 25.3 Å². The van der Waals surface area contributed by atoms with Crippen molar-refractivity contribution in [2.75, 3.05) is 5.32 Å². The maximum atomic E-state index is 13.2. The minimum Gasteiger partial charge on any atom is -0.326 e. The summed E-state index contributed by atoms with van der Waals surface area (Å²) >= 11 is 0. The molecule has 0 saturated carbocycles. The third-order valence-corrected chi connectivity index (χ3v) is 4.37. The highest BCUT2D eigenvalue weighted by Crippen LogP contribution is 2.21. The van der Waals surface area contributed by atoms with Crippen LogP contribution in [0.25, 0.3) is 5.69 Å². The van der Waals surface area contributed by atoms with Crippen LogP contribution in [0.15, 0.2) is 59.7 Å². The van der Waals surface area contributed by atoms with Crippen molar-refractivity contribution in [2.24, 2.45) is 5.10 Å². The first-order valence-electron chi connectivity index (χ1n) is 9.01. The number of nitrogens with one attached hydrogen (secondary N) is 2. The largest absolute Gasteiger partial charge is 0.326 e. The molecule has 0 aliphatic carbocycles. The molecular formula is C22H21FN4O2. The first-order chi connectivity index (χ1) is 13.8. The highest BCUT2D eigenvalue weighted by Gasteiger charge is 2.16. The maximum Gasteiger partial charge on any atom is 0.273 e. The fourth-order valence-corrected chi connectivity index (χ4v) is 3.06. The molecule has 0 bridgehead atoms. The summed E-state index contributed by atoms with van der Waals surface area (Å²) in [4.78, 5) is 23.6. The van der Waals surface area contributed by atoms with E-state index in [0.29, 0.717) is 11.3 Å². The van der Waals surface area contributed by atoms with Crippen LogP contribution < -0.4 is 10.7 Å². The number of amides is 2. The van der Waals surface area contributed by atoms with E-state index in [9.17, 15) is 14.0 Å². The number of anilines is 1. The summed E-state index contributed by atoms with van der Waals surface area (Å²) in [5, 5.41) is 6.68. The fourth-order valence-electron chi connectivity index (χ4n) is 3.06. The molecule has 1 aromatic heterocycles. The number of halogens is 1. The van der Waals surface area contributed by atoms with Crippen LogP contribution in [0.2, 0.25) is 0 Å². The summed E-state index contributed by atoms with van der Waals surface area (Å²) in [7, 11) is 0. The van der Waals surface area contributed by atoms with Gasteiger partial charge in [-0.05, 0) is 61.9 Å². The molecule has 0 aliphatic heterocycles.